The molecule has 27 heteroatoms. The maximum Gasteiger partial charge on any atom is 0.264 e. The summed E-state index contributed by atoms with van der Waals surface area (Å²) < 4.78 is 132. The predicted octanol–water partition coefficient (Wildman–Crippen LogP) is 1.88. The minimum atomic E-state index is -4.29. The van der Waals surface area contributed by atoms with Crippen LogP contribution in [-0.4, -0.2) is 157 Å². The molecule has 2 aliphatic carbocycles. The normalized spacial score (nSPS) is 17.8. The summed E-state index contributed by atoms with van der Waals surface area (Å²) in [6.45, 7) is 5.05. The van der Waals surface area contributed by atoms with Gasteiger partial charge in [-0.3, -0.25) is 24.8 Å². The van der Waals surface area contributed by atoms with Crippen molar-refractivity contribution < 1.29 is 77.5 Å². The Hall–Kier alpha value is -3.29. The molecular formula is C45H85N7O17S3. The van der Waals surface area contributed by atoms with Gasteiger partial charge in [-0.25, -0.2) is 0 Å². The quantitative estimate of drug-likeness (QED) is 0.0136. The summed E-state index contributed by atoms with van der Waals surface area (Å²) in [5.74, 6) is 5.59. The second-order valence-electron chi connectivity index (χ2n) is 17.4. The van der Waals surface area contributed by atoms with Crippen molar-refractivity contribution in [2.24, 2.45) is 23.2 Å². The first-order valence-electron chi connectivity index (χ1n) is 24.9. The van der Waals surface area contributed by atoms with Crippen LogP contribution in [0.25, 0.3) is 0 Å². The van der Waals surface area contributed by atoms with Gasteiger partial charge in [0.15, 0.2) is 23.0 Å². The van der Waals surface area contributed by atoms with Crippen LogP contribution in [0.5, 0.6) is 0 Å². The van der Waals surface area contributed by atoms with Crippen molar-refractivity contribution in [1.82, 2.24) is 21.4 Å². The van der Waals surface area contributed by atoms with E-state index in [-0.39, 0.29) is 75.7 Å². The first-order valence-corrected chi connectivity index (χ1v) is 29.7. The van der Waals surface area contributed by atoms with E-state index in [1.807, 2.05) is 12.3 Å². The number of hydrogen-bond acceptors (Lipinski definition) is 21. The highest BCUT2D eigenvalue weighted by Crippen LogP contribution is 2.33. The van der Waals surface area contributed by atoms with Gasteiger partial charge >= 0.3 is 0 Å². The summed E-state index contributed by atoms with van der Waals surface area (Å²) in [7, 11) is -12.9. The SMILES string of the molecule is CCCCCOC1=C(OCCCC/C(=C/NCCCN)NN)C[C@H](CO)C=C1OCCCCC(N)NCCCN[C@H](O)C1=CC(OCCCS(=O)(=O)O)=C(OCCCS(=O)(=O)O)C(OCCCS(=O)(=O)O)C1. The maximum absolute atomic E-state index is 11.3. The fourth-order valence-electron chi connectivity index (χ4n) is 7.22. The monoisotopic (exact) mass is 1090 g/mol. The van der Waals surface area contributed by atoms with Gasteiger partial charge < -0.3 is 66.2 Å². The number of nitrogens with one attached hydrogen (secondary N) is 4. The topological polar surface area (TPSA) is 385 Å². The number of rotatable bonds is 45. The van der Waals surface area contributed by atoms with Crippen LogP contribution in [0.1, 0.15) is 110 Å². The highest BCUT2D eigenvalue weighted by atomic mass is 32.2. The van der Waals surface area contributed by atoms with Crippen LogP contribution in [0, 0.1) is 5.92 Å². The molecule has 2 unspecified atom stereocenters. The van der Waals surface area contributed by atoms with Crippen LogP contribution in [0.3, 0.4) is 0 Å². The number of aliphatic hydroxyl groups is 2. The van der Waals surface area contributed by atoms with Gasteiger partial charge in [0.25, 0.3) is 30.4 Å². The molecule has 2 rings (SSSR count). The smallest absolute Gasteiger partial charge is 0.264 e. The van der Waals surface area contributed by atoms with Crippen molar-refractivity contribution in [2.75, 3.05) is 89.7 Å². The molecule has 0 saturated heterocycles. The predicted molar refractivity (Wildman–Crippen MR) is 272 cm³/mol. The molecule has 0 radical (unpaired) electrons. The highest BCUT2D eigenvalue weighted by Gasteiger charge is 2.31. The lowest BCUT2D eigenvalue weighted by Crippen LogP contribution is -2.40. The van der Waals surface area contributed by atoms with Gasteiger partial charge in [-0.2, -0.15) is 25.3 Å². The third-order valence-electron chi connectivity index (χ3n) is 11.0. The van der Waals surface area contributed by atoms with Gasteiger partial charge in [0.05, 0.1) is 56.5 Å². The van der Waals surface area contributed by atoms with E-state index in [0.717, 1.165) is 63.6 Å². The first kappa shape index (κ1) is 64.8. The molecule has 420 valence electrons. The zero-order chi connectivity index (χ0) is 53.3. The Morgan fingerprint density at radius 1 is 0.736 bits per heavy atom. The van der Waals surface area contributed by atoms with E-state index in [1.54, 1.807) is 0 Å². The fraction of sp³-hybridized carbons (Fsp3) is 0.778. The van der Waals surface area contributed by atoms with Gasteiger partial charge in [-0.15, -0.1) is 0 Å². The summed E-state index contributed by atoms with van der Waals surface area (Å²) in [6.07, 6.45) is 11.7. The summed E-state index contributed by atoms with van der Waals surface area (Å²) >= 11 is 0. The Labute approximate surface area is 427 Å². The lowest BCUT2D eigenvalue weighted by atomic mass is 9.98. The first-order chi connectivity index (χ1) is 34.3. The zero-order valence-electron chi connectivity index (χ0n) is 41.8. The van der Waals surface area contributed by atoms with Crippen molar-refractivity contribution in [3.05, 3.63) is 58.4 Å². The van der Waals surface area contributed by atoms with E-state index in [9.17, 15) is 35.5 Å². The summed E-state index contributed by atoms with van der Waals surface area (Å²) in [5.41, 5.74) is 15.9. The summed E-state index contributed by atoms with van der Waals surface area (Å²) in [4.78, 5) is 0. The van der Waals surface area contributed by atoms with Gasteiger partial charge in [-0.1, -0.05) is 19.8 Å². The Balaban J connectivity index is 1.95. The molecule has 0 fully saturated rings. The van der Waals surface area contributed by atoms with Crippen LogP contribution >= 0.6 is 0 Å². The molecular weight excluding hydrogens is 1010 g/mol. The molecule has 0 spiro atoms. The molecule has 0 bridgehead atoms. The molecule has 0 aromatic heterocycles. The lowest BCUT2D eigenvalue weighted by molar-refractivity contribution is 0.0126. The Bertz CT molecular complexity index is 2040. The Morgan fingerprint density at radius 3 is 2.00 bits per heavy atom. The molecule has 0 amide bonds. The number of hydrogen-bond donors (Lipinski definition) is 12. The number of aliphatic hydroxyl groups excluding tert-OH is 2. The van der Waals surface area contributed by atoms with Gasteiger partial charge in [-0.05, 0) is 114 Å². The lowest BCUT2D eigenvalue weighted by Gasteiger charge is -2.30. The van der Waals surface area contributed by atoms with Crippen molar-refractivity contribution in [3.63, 3.8) is 0 Å². The Morgan fingerprint density at radius 2 is 1.35 bits per heavy atom. The van der Waals surface area contributed by atoms with E-state index in [1.165, 1.54) is 6.08 Å². The van der Waals surface area contributed by atoms with E-state index in [4.69, 9.17) is 59.4 Å². The number of hydrazine groups is 1. The molecule has 15 N–H and O–H groups in total. The van der Waals surface area contributed by atoms with Crippen LogP contribution in [0.2, 0.25) is 0 Å². The molecule has 0 aliphatic heterocycles. The highest BCUT2D eigenvalue weighted by molar-refractivity contribution is 7.86. The van der Waals surface area contributed by atoms with E-state index >= 15 is 0 Å². The average Bonchev–Trinajstić information content (AvgIpc) is 3.31. The molecule has 0 saturated carbocycles. The number of allylic oxidation sites excluding steroid dienone is 3. The third kappa shape index (κ3) is 30.8. The van der Waals surface area contributed by atoms with Crippen molar-refractivity contribution >= 4 is 30.4 Å². The second-order valence-corrected chi connectivity index (χ2v) is 22.2. The standard InChI is InChI=1S/C45H85N7O17S3/c1-2-3-6-22-68-43-38(64-20-7-4-14-37(52-48)33-49-17-9-16-46)29-35(34-53)30-39(43)65-21-8-5-15-42(47)50-18-10-19-51-45(54)36-31-40(66-23-11-26-70(55,56)57)44(69-25-13-28-72(61,62)63)41(32-36)67-24-12-27-71(58,59)60/h30-31,33,35,41-42,45,49-54H,2-29,32,34,46-48H2,1H3,(H,55,56,57)(H,58,59,60)(H,61,62,63)/b37-33-/t35-,41?,42?,45+/m0/s1. The summed E-state index contributed by atoms with van der Waals surface area (Å²) in [5, 5.41) is 30.8. The molecule has 0 heterocycles. The molecule has 4 atom stereocenters. The van der Waals surface area contributed by atoms with Crippen molar-refractivity contribution in [2.45, 2.75) is 128 Å². The van der Waals surface area contributed by atoms with E-state index in [2.05, 4.69) is 28.3 Å². The van der Waals surface area contributed by atoms with Crippen LogP contribution in [0.15, 0.2) is 58.4 Å². The number of nitrogens with two attached hydrogens (primary N) is 3. The molecule has 24 nitrogen and oxygen atoms in total. The van der Waals surface area contributed by atoms with Gasteiger partial charge in [0, 0.05) is 50.4 Å². The zero-order valence-corrected chi connectivity index (χ0v) is 44.3. The number of ether oxygens (including phenoxy) is 6. The summed E-state index contributed by atoms with van der Waals surface area (Å²) in [6, 6.07) is 0. The van der Waals surface area contributed by atoms with Crippen molar-refractivity contribution in [1.29, 1.82) is 0 Å². The van der Waals surface area contributed by atoms with Crippen molar-refractivity contribution in [3.8, 4) is 0 Å². The molecule has 72 heavy (non-hydrogen) atoms. The van der Waals surface area contributed by atoms with Gasteiger partial charge in [0.1, 0.15) is 18.1 Å². The Kier molecular flexibility index (Phi) is 33.0. The number of unbranched alkanes of at least 4 members (excludes halogenated alkanes) is 4. The maximum atomic E-state index is 11.3. The third-order valence-corrected chi connectivity index (χ3v) is 13.4. The molecule has 0 aromatic carbocycles. The van der Waals surface area contributed by atoms with Crippen LogP contribution in [0.4, 0.5) is 0 Å². The average molecular weight is 1090 g/mol. The van der Waals surface area contributed by atoms with Gasteiger partial charge in [0.2, 0.25) is 0 Å². The van der Waals surface area contributed by atoms with Crippen LogP contribution < -0.4 is 38.7 Å². The van der Waals surface area contributed by atoms with Crippen LogP contribution in [-0.2, 0) is 58.8 Å². The molecule has 0 aromatic rings. The fourth-order valence-corrected chi connectivity index (χ4v) is 8.67. The minimum Gasteiger partial charge on any atom is -0.494 e. The van der Waals surface area contributed by atoms with E-state index in [0.29, 0.717) is 88.0 Å². The van der Waals surface area contributed by atoms with E-state index < -0.39 is 59.9 Å². The second kappa shape index (κ2) is 36.6. The largest absolute Gasteiger partial charge is 0.494 e. The minimum absolute atomic E-state index is 0.0125. The molecule has 2 aliphatic rings.